The van der Waals surface area contributed by atoms with E-state index >= 15 is 0 Å². The van der Waals surface area contributed by atoms with Crippen LogP contribution in [0.3, 0.4) is 0 Å². The molecule has 1 rings (SSSR count). The quantitative estimate of drug-likeness (QED) is 0.178. The SMILES string of the molecule is CC#CCNCC(/C(N)=N/O)c1ccccc1. The molecule has 4 N–H and O–H groups in total. The molecule has 1 unspecified atom stereocenters. The molecule has 0 bridgehead atoms. The first-order chi connectivity index (χ1) is 8.29. The fourth-order valence-corrected chi connectivity index (χ4v) is 1.52. The minimum absolute atomic E-state index is 0.139. The molecule has 0 aliphatic rings. The number of rotatable bonds is 5. The van der Waals surface area contributed by atoms with Crippen LogP contribution in [0.2, 0.25) is 0 Å². The number of benzene rings is 1. The summed E-state index contributed by atoms with van der Waals surface area (Å²) in [6, 6.07) is 9.70. The van der Waals surface area contributed by atoms with E-state index < -0.39 is 0 Å². The van der Waals surface area contributed by atoms with Crippen LogP contribution < -0.4 is 11.1 Å². The zero-order chi connectivity index (χ0) is 12.5. The summed E-state index contributed by atoms with van der Waals surface area (Å²) in [4.78, 5) is 0. The van der Waals surface area contributed by atoms with Crippen LogP contribution in [0, 0.1) is 11.8 Å². The summed E-state index contributed by atoms with van der Waals surface area (Å²) in [5, 5.41) is 15.0. The van der Waals surface area contributed by atoms with Crippen molar-refractivity contribution in [1.29, 1.82) is 0 Å². The van der Waals surface area contributed by atoms with Gasteiger partial charge in [0, 0.05) is 6.54 Å². The van der Waals surface area contributed by atoms with Gasteiger partial charge in [0.1, 0.15) is 5.84 Å². The average molecular weight is 231 g/mol. The number of nitrogens with two attached hydrogens (primary N) is 1. The Morgan fingerprint density at radius 3 is 2.76 bits per heavy atom. The van der Waals surface area contributed by atoms with Crippen molar-refractivity contribution in [2.75, 3.05) is 13.1 Å². The normalized spacial score (nSPS) is 12.6. The molecular formula is C13H17N3O. The number of hydrogen-bond acceptors (Lipinski definition) is 3. The van der Waals surface area contributed by atoms with Crippen LogP contribution in [0.25, 0.3) is 0 Å². The maximum Gasteiger partial charge on any atom is 0.147 e. The predicted octanol–water partition coefficient (Wildman–Crippen LogP) is 1.13. The summed E-state index contributed by atoms with van der Waals surface area (Å²) in [5.74, 6) is 5.77. The van der Waals surface area contributed by atoms with Crippen LogP contribution in [-0.2, 0) is 0 Å². The van der Waals surface area contributed by atoms with Crippen molar-refractivity contribution in [2.45, 2.75) is 12.8 Å². The lowest BCUT2D eigenvalue weighted by atomic mass is 9.98. The molecule has 0 saturated carbocycles. The Labute approximate surface area is 102 Å². The molecule has 17 heavy (non-hydrogen) atoms. The molecule has 0 aromatic heterocycles. The summed E-state index contributed by atoms with van der Waals surface area (Å²) in [6.45, 7) is 2.98. The number of oxime groups is 1. The van der Waals surface area contributed by atoms with Gasteiger partial charge in [-0.05, 0) is 12.5 Å². The van der Waals surface area contributed by atoms with Gasteiger partial charge in [-0.15, -0.1) is 5.92 Å². The zero-order valence-corrected chi connectivity index (χ0v) is 9.85. The molecule has 4 nitrogen and oxygen atoms in total. The molecule has 0 aliphatic carbocycles. The highest BCUT2D eigenvalue weighted by Gasteiger charge is 2.15. The van der Waals surface area contributed by atoms with E-state index in [1.807, 2.05) is 30.3 Å². The second-order valence-electron chi connectivity index (χ2n) is 3.55. The smallest absolute Gasteiger partial charge is 0.147 e. The van der Waals surface area contributed by atoms with Crippen molar-refractivity contribution >= 4 is 5.84 Å². The van der Waals surface area contributed by atoms with Crippen LogP contribution in [0.15, 0.2) is 35.5 Å². The fourth-order valence-electron chi connectivity index (χ4n) is 1.52. The molecule has 0 saturated heterocycles. The van der Waals surface area contributed by atoms with Gasteiger partial charge in [0.25, 0.3) is 0 Å². The predicted molar refractivity (Wildman–Crippen MR) is 68.9 cm³/mol. The minimum Gasteiger partial charge on any atom is -0.409 e. The van der Waals surface area contributed by atoms with E-state index in [2.05, 4.69) is 22.3 Å². The molecule has 90 valence electrons. The second-order valence-corrected chi connectivity index (χ2v) is 3.55. The molecule has 0 fully saturated rings. The zero-order valence-electron chi connectivity index (χ0n) is 9.85. The van der Waals surface area contributed by atoms with E-state index in [9.17, 15) is 0 Å². The van der Waals surface area contributed by atoms with Gasteiger partial charge in [-0.25, -0.2) is 0 Å². The minimum atomic E-state index is -0.139. The van der Waals surface area contributed by atoms with Crippen LogP contribution in [0.5, 0.6) is 0 Å². The Morgan fingerprint density at radius 2 is 2.18 bits per heavy atom. The first-order valence-electron chi connectivity index (χ1n) is 5.42. The van der Waals surface area contributed by atoms with Gasteiger partial charge >= 0.3 is 0 Å². The van der Waals surface area contributed by atoms with Gasteiger partial charge in [-0.2, -0.15) is 0 Å². The van der Waals surface area contributed by atoms with E-state index in [1.165, 1.54) is 0 Å². The van der Waals surface area contributed by atoms with E-state index in [4.69, 9.17) is 10.9 Å². The van der Waals surface area contributed by atoms with Gasteiger partial charge in [0.05, 0.1) is 12.5 Å². The molecule has 1 aromatic carbocycles. The molecule has 0 radical (unpaired) electrons. The molecule has 0 aliphatic heterocycles. The summed E-state index contributed by atoms with van der Waals surface area (Å²) >= 11 is 0. The van der Waals surface area contributed by atoms with Crippen molar-refractivity contribution in [3.63, 3.8) is 0 Å². The third kappa shape index (κ3) is 4.17. The van der Waals surface area contributed by atoms with Crippen molar-refractivity contribution in [1.82, 2.24) is 5.32 Å². The Hall–Kier alpha value is -1.99. The third-order valence-electron chi connectivity index (χ3n) is 2.41. The lowest BCUT2D eigenvalue weighted by Crippen LogP contribution is -2.31. The van der Waals surface area contributed by atoms with Crippen LogP contribution in [0.1, 0.15) is 18.4 Å². The van der Waals surface area contributed by atoms with E-state index in [1.54, 1.807) is 6.92 Å². The maximum atomic E-state index is 8.78. The van der Waals surface area contributed by atoms with Crippen LogP contribution in [-0.4, -0.2) is 24.1 Å². The largest absolute Gasteiger partial charge is 0.409 e. The highest BCUT2D eigenvalue weighted by atomic mass is 16.4. The number of amidine groups is 1. The molecule has 0 amide bonds. The molecular weight excluding hydrogens is 214 g/mol. The Kier molecular flexibility index (Phi) is 5.62. The van der Waals surface area contributed by atoms with Crippen molar-refractivity contribution in [2.24, 2.45) is 10.9 Å². The lowest BCUT2D eigenvalue weighted by Gasteiger charge is -2.15. The Bertz CT molecular complexity index is 417. The maximum absolute atomic E-state index is 8.78. The highest BCUT2D eigenvalue weighted by molar-refractivity contribution is 5.87. The van der Waals surface area contributed by atoms with Crippen molar-refractivity contribution in [3.05, 3.63) is 35.9 Å². The number of hydrogen-bond donors (Lipinski definition) is 3. The Morgan fingerprint density at radius 1 is 1.47 bits per heavy atom. The highest BCUT2D eigenvalue weighted by Crippen LogP contribution is 2.14. The lowest BCUT2D eigenvalue weighted by molar-refractivity contribution is 0.315. The third-order valence-corrected chi connectivity index (χ3v) is 2.41. The van der Waals surface area contributed by atoms with Crippen LogP contribution in [0.4, 0.5) is 0 Å². The van der Waals surface area contributed by atoms with E-state index in [0.29, 0.717) is 13.1 Å². The van der Waals surface area contributed by atoms with Gasteiger partial charge in [0.2, 0.25) is 0 Å². The molecule has 0 heterocycles. The van der Waals surface area contributed by atoms with E-state index in [0.717, 1.165) is 5.56 Å². The van der Waals surface area contributed by atoms with Gasteiger partial charge in [-0.3, -0.25) is 0 Å². The summed E-state index contributed by atoms with van der Waals surface area (Å²) < 4.78 is 0. The van der Waals surface area contributed by atoms with Gasteiger partial charge in [-0.1, -0.05) is 41.4 Å². The first kappa shape index (κ1) is 13.1. The monoisotopic (exact) mass is 231 g/mol. The summed E-state index contributed by atoms with van der Waals surface area (Å²) in [5.41, 5.74) is 6.70. The number of nitrogens with one attached hydrogen (secondary N) is 1. The summed E-state index contributed by atoms with van der Waals surface area (Å²) in [7, 11) is 0. The first-order valence-corrected chi connectivity index (χ1v) is 5.42. The van der Waals surface area contributed by atoms with Crippen LogP contribution >= 0.6 is 0 Å². The molecule has 1 aromatic rings. The fraction of sp³-hybridized carbons (Fsp3) is 0.308. The second kappa shape index (κ2) is 7.31. The Balaban J connectivity index is 2.71. The van der Waals surface area contributed by atoms with Gasteiger partial charge in [0.15, 0.2) is 0 Å². The molecule has 0 spiro atoms. The number of nitrogens with zero attached hydrogens (tertiary/aromatic N) is 1. The molecule has 4 heteroatoms. The van der Waals surface area contributed by atoms with Gasteiger partial charge < -0.3 is 16.3 Å². The van der Waals surface area contributed by atoms with Crippen molar-refractivity contribution in [3.8, 4) is 11.8 Å². The standard InChI is InChI=1S/C13H17N3O/c1-2-3-9-15-10-12(13(14)16-17)11-7-5-4-6-8-11/h4-8,12,15,17H,9-10H2,1H3,(H2,14,16). The molecule has 1 atom stereocenters. The topological polar surface area (TPSA) is 70.6 Å². The average Bonchev–Trinajstić information content (AvgIpc) is 2.39. The van der Waals surface area contributed by atoms with E-state index in [-0.39, 0.29) is 11.8 Å². The van der Waals surface area contributed by atoms with Crippen molar-refractivity contribution < 1.29 is 5.21 Å². The summed E-state index contributed by atoms with van der Waals surface area (Å²) in [6.07, 6.45) is 0.